The van der Waals surface area contributed by atoms with E-state index < -0.39 is 5.60 Å². The Kier molecular flexibility index (Phi) is 3.72. The van der Waals surface area contributed by atoms with Crippen molar-refractivity contribution in [3.8, 4) is 0 Å². The lowest BCUT2D eigenvalue weighted by molar-refractivity contribution is 0.00246. The van der Waals surface area contributed by atoms with Gasteiger partial charge >= 0.3 is 0 Å². The number of hydrogen-bond acceptors (Lipinski definition) is 5. The molecule has 0 saturated heterocycles. The first-order valence-corrected chi connectivity index (χ1v) is 6.78. The third-order valence-corrected chi connectivity index (χ3v) is 3.91. The van der Waals surface area contributed by atoms with E-state index in [1.807, 2.05) is 6.92 Å². The van der Waals surface area contributed by atoms with Gasteiger partial charge in [0, 0.05) is 24.2 Å². The summed E-state index contributed by atoms with van der Waals surface area (Å²) in [4.78, 5) is 5.49. The molecule has 2 heterocycles. The summed E-state index contributed by atoms with van der Waals surface area (Å²) in [6.07, 6.45) is 0. The molecule has 0 aliphatic carbocycles. The number of thiazole rings is 1. The highest BCUT2D eigenvalue weighted by Crippen LogP contribution is 2.20. The van der Waals surface area contributed by atoms with Crippen molar-refractivity contribution in [1.29, 1.82) is 0 Å². The van der Waals surface area contributed by atoms with E-state index in [9.17, 15) is 5.11 Å². The predicted octanol–water partition coefficient (Wildman–Crippen LogP) is 0.846. The zero-order chi connectivity index (χ0) is 13.3. The summed E-state index contributed by atoms with van der Waals surface area (Å²) in [7, 11) is 0. The number of hydrogen-bond donors (Lipinski definition) is 3. The van der Waals surface area contributed by atoms with E-state index in [2.05, 4.69) is 27.0 Å². The predicted molar refractivity (Wildman–Crippen MR) is 72.0 cm³/mol. The molecule has 0 radical (unpaired) electrons. The number of aryl methyl sites for hydroxylation is 2. The van der Waals surface area contributed by atoms with Crippen LogP contribution < -0.4 is 5.32 Å². The van der Waals surface area contributed by atoms with Crippen LogP contribution in [-0.2, 0) is 6.54 Å². The van der Waals surface area contributed by atoms with Gasteiger partial charge < -0.3 is 15.5 Å². The number of nitrogens with zero attached hydrogens (tertiary/aromatic N) is 2. The molecule has 0 aliphatic heterocycles. The normalized spacial score (nSPS) is 15.2. The van der Waals surface area contributed by atoms with E-state index in [0.717, 1.165) is 16.3 Å². The highest BCUT2D eigenvalue weighted by Gasteiger charge is 2.19. The third kappa shape index (κ3) is 2.56. The highest BCUT2D eigenvalue weighted by atomic mass is 32.1. The number of imidazole rings is 1. The van der Waals surface area contributed by atoms with E-state index in [0.29, 0.717) is 13.1 Å². The lowest BCUT2D eigenvalue weighted by Crippen LogP contribution is -2.40. The maximum absolute atomic E-state index is 9.72. The van der Waals surface area contributed by atoms with E-state index >= 15 is 0 Å². The lowest BCUT2D eigenvalue weighted by atomic mass is 10.1. The Hall–Kier alpha value is -0.950. The molecule has 2 rings (SSSR count). The first-order valence-electron chi connectivity index (χ1n) is 5.90. The first-order chi connectivity index (χ1) is 8.44. The van der Waals surface area contributed by atoms with Crippen molar-refractivity contribution in [3.63, 3.8) is 0 Å². The van der Waals surface area contributed by atoms with Crippen molar-refractivity contribution in [2.24, 2.45) is 0 Å². The van der Waals surface area contributed by atoms with Crippen molar-refractivity contribution in [3.05, 3.63) is 22.5 Å². The Morgan fingerprint density at radius 1 is 1.50 bits per heavy atom. The molecule has 0 saturated carbocycles. The highest BCUT2D eigenvalue weighted by molar-refractivity contribution is 7.15. The Balaban J connectivity index is 2.12. The van der Waals surface area contributed by atoms with Gasteiger partial charge in [0.25, 0.3) is 0 Å². The zero-order valence-corrected chi connectivity index (χ0v) is 11.7. The van der Waals surface area contributed by atoms with E-state index in [1.54, 1.807) is 18.3 Å². The molecule has 0 fully saturated rings. The molecule has 2 aromatic rings. The molecule has 100 valence electrons. The third-order valence-electron chi connectivity index (χ3n) is 2.97. The van der Waals surface area contributed by atoms with Crippen LogP contribution in [0.2, 0.25) is 0 Å². The van der Waals surface area contributed by atoms with Gasteiger partial charge in [-0.25, -0.2) is 4.98 Å². The minimum atomic E-state index is -1.08. The average Bonchev–Trinajstić information content (AvgIpc) is 2.81. The summed E-state index contributed by atoms with van der Waals surface area (Å²) >= 11 is 1.63. The molecule has 0 bridgehead atoms. The summed E-state index contributed by atoms with van der Waals surface area (Å²) in [5, 5.41) is 23.9. The largest absolute Gasteiger partial charge is 0.393 e. The molecule has 1 unspecified atom stereocenters. The van der Waals surface area contributed by atoms with Crippen molar-refractivity contribution in [2.45, 2.75) is 32.9 Å². The number of aromatic nitrogens is 2. The zero-order valence-electron chi connectivity index (χ0n) is 10.9. The monoisotopic (exact) mass is 269 g/mol. The SMILES string of the molecule is Cc1nc2scc(C)n2c1CNCC(C)(O)CO. The Morgan fingerprint density at radius 2 is 2.22 bits per heavy atom. The molecule has 5 nitrogen and oxygen atoms in total. The second-order valence-electron chi connectivity index (χ2n) is 4.90. The summed E-state index contributed by atoms with van der Waals surface area (Å²) in [5.41, 5.74) is 2.20. The molecule has 0 amide bonds. The van der Waals surface area contributed by atoms with Crippen molar-refractivity contribution >= 4 is 16.3 Å². The van der Waals surface area contributed by atoms with Crippen molar-refractivity contribution < 1.29 is 10.2 Å². The molecule has 3 N–H and O–H groups in total. The minimum absolute atomic E-state index is 0.252. The smallest absolute Gasteiger partial charge is 0.194 e. The summed E-state index contributed by atoms with van der Waals surface area (Å²) in [5.74, 6) is 0. The van der Waals surface area contributed by atoms with E-state index in [1.165, 1.54) is 5.69 Å². The molecule has 2 aromatic heterocycles. The summed E-state index contributed by atoms with van der Waals surface area (Å²) < 4.78 is 2.13. The van der Waals surface area contributed by atoms with Crippen LogP contribution in [0, 0.1) is 13.8 Å². The van der Waals surface area contributed by atoms with Crippen LogP contribution >= 0.6 is 11.3 Å². The fourth-order valence-electron chi connectivity index (χ4n) is 1.88. The summed E-state index contributed by atoms with van der Waals surface area (Å²) in [6.45, 7) is 6.37. The quantitative estimate of drug-likeness (QED) is 0.752. The maximum Gasteiger partial charge on any atom is 0.194 e. The summed E-state index contributed by atoms with van der Waals surface area (Å²) in [6, 6.07) is 0. The first kappa shape index (κ1) is 13.5. The van der Waals surface area contributed by atoms with Gasteiger partial charge in [-0.3, -0.25) is 4.40 Å². The second kappa shape index (κ2) is 4.97. The molecule has 1 atom stereocenters. The molecule has 0 spiro atoms. The Bertz CT molecular complexity index is 545. The standard InChI is InChI=1S/C12H19N3O2S/c1-8-5-18-11-14-9(2)10(15(8)11)4-13-6-12(3,17)7-16/h5,13,16-17H,4,6-7H2,1-3H3. The lowest BCUT2D eigenvalue weighted by Gasteiger charge is -2.20. The van der Waals surface area contributed by atoms with Crippen molar-refractivity contribution in [1.82, 2.24) is 14.7 Å². The molecule has 0 aromatic carbocycles. The van der Waals surface area contributed by atoms with Gasteiger partial charge in [0.05, 0.1) is 23.6 Å². The van der Waals surface area contributed by atoms with E-state index in [4.69, 9.17) is 5.11 Å². The van der Waals surface area contributed by atoms with E-state index in [-0.39, 0.29) is 6.61 Å². The van der Waals surface area contributed by atoms with Gasteiger partial charge in [0.15, 0.2) is 4.96 Å². The number of aliphatic hydroxyl groups is 2. The van der Waals surface area contributed by atoms with Crippen LogP contribution in [0.5, 0.6) is 0 Å². The van der Waals surface area contributed by atoms with Gasteiger partial charge in [-0.1, -0.05) is 0 Å². The van der Waals surface area contributed by atoms with Crippen molar-refractivity contribution in [2.75, 3.05) is 13.2 Å². The number of rotatable bonds is 5. The molecular weight excluding hydrogens is 250 g/mol. The van der Waals surface area contributed by atoms with Crippen LogP contribution in [0.3, 0.4) is 0 Å². The maximum atomic E-state index is 9.72. The topological polar surface area (TPSA) is 69.8 Å². The van der Waals surface area contributed by atoms with Gasteiger partial charge in [-0.05, 0) is 20.8 Å². The number of nitrogens with one attached hydrogen (secondary N) is 1. The van der Waals surface area contributed by atoms with Crippen LogP contribution in [0.25, 0.3) is 4.96 Å². The Labute approximate surface area is 110 Å². The van der Waals surface area contributed by atoms with Gasteiger partial charge in [0.1, 0.15) is 0 Å². The molecule has 18 heavy (non-hydrogen) atoms. The molecule has 6 heteroatoms. The van der Waals surface area contributed by atoms with Gasteiger partial charge in [-0.2, -0.15) is 0 Å². The van der Waals surface area contributed by atoms with Crippen LogP contribution in [0.15, 0.2) is 5.38 Å². The second-order valence-corrected chi connectivity index (χ2v) is 5.73. The van der Waals surface area contributed by atoms with Crippen LogP contribution in [0.4, 0.5) is 0 Å². The molecule has 0 aliphatic rings. The number of aliphatic hydroxyl groups excluding tert-OH is 1. The molecular formula is C12H19N3O2S. The van der Waals surface area contributed by atoms with Gasteiger partial charge in [-0.15, -0.1) is 11.3 Å². The fraction of sp³-hybridized carbons (Fsp3) is 0.583. The number of fused-ring (bicyclic) bond motifs is 1. The van der Waals surface area contributed by atoms with Crippen LogP contribution in [-0.4, -0.2) is 38.4 Å². The Morgan fingerprint density at radius 3 is 2.89 bits per heavy atom. The van der Waals surface area contributed by atoms with Crippen LogP contribution in [0.1, 0.15) is 24.0 Å². The fourth-order valence-corrected chi connectivity index (χ4v) is 2.81. The van der Waals surface area contributed by atoms with Gasteiger partial charge in [0.2, 0.25) is 0 Å². The minimum Gasteiger partial charge on any atom is -0.393 e. The average molecular weight is 269 g/mol.